The first-order valence-electron chi connectivity index (χ1n) is 8.08. The van der Waals surface area contributed by atoms with Crippen LogP contribution >= 0.6 is 11.3 Å². The monoisotopic (exact) mass is 331 g/mol. The van der Waals surface area contributed by atoms with Gasteiger partial charge in [0, 0.05) is 29.8 Å². The quantitative estimate of drug-likeness (QED) is 0.804. The van der Waals surface area contributed by atoms with Crippen molar-refractivity contribution < 1.29 is 14.3 Å². The number of nitrogens with zero attached hydrogens (tertiary/aromatic N) is 1. The van der Waals surface area contributed by atoms with Gasteiger partial charge in [-0.3, -0.25) is 9.59 Å². The number of amides is 1. The number of ether oxygens (including phenoxy) is 1. The zero-order valence-electron chi connectivity index (χ0n) is 13.3. The number of esters is 1. The fraction of sp³-hybridized carbons (Fsp3) is 0.444. The average Bonchev–Trinajstić information content (AvgIpc) is 3.02. The molecule has 1 aromatic heterocycles. The lowest BCUT2D eigenvalue weighted by Crippen LogP contribution is -2.42. The molecule has 5 heteroatoms. The van der Waals surface area contributed by atoms with Gasteiger partial charge >= 0.3 is 5.97 Å². The Labute approximate surface area is 140 Å². The third-order valence-corrected chi connectivity index (χ3v) is 5.35. The normalized spacial score (nSPS) is 18.1. The number of benzene rings is 1. The van der Waals surface area contributed by atoms with Crippen LogP contribution in [0.3, 0.4) is 0 Å². The Kier molecular flexibility index (Phi) is 4.96. The molecule has 1 aliphatic heterocycles. The van der Waals surface area contributed by atoms with Gasteiger partial charge in [-0.25, -0.2) is 0 Å². The van der Waals surface area contributed by atoms with Crippen LogP contribution < -0.4 is 0 Å². The topological polar surface area (TPSA) is 46.6 Å². The van der Waals surface area contributed by atoms with Crippen molar-refractivity contribution in [3.8, 4) is 0 Å². The number of rotatable bonds is 4. The van der Waals surface area contributed by atoms with Gasteiger partial charge in [-0.1, -0.05) is 25.1 Å². The van der Waals surface area contributed by atoms with Gasteiger partial charge in [0.2, 0.25) is 5.91 Å². The summed E-state index contributed by atoms with van der Waals surface area (Å²) in [6.07, 6.45) is 2.16. The van der Waals surface area contributed by atoms with Crippen molar-refractivity contribution in [3.05, 3.63) is 35.2 Å². The summed E-state index contributed by atoms with van der Waals surface area (Å²) in [5.41, 5.74) is 1.05. The summed E-state index contributed by atoms with van der Waals surface area (Å²) in [6, 6.07) is 8.13. The second kappa shape index (κ2) is 7.13. The average molecular weight is 331 g/mol. The first kappa shape index (κ1) is 16.0. The molecule has 0 spiro atoms. The third kappa shape index (κ3) is 3.55. The summed E-state index contributed by atoms with van der Waals surface area (Å²) >= 11 is 1.66. The second-order valence-corrected chi connectivity index (χ2v) is 6.81. The standard InChI is InChI=1S/C18H21NO3S/c1-2-17(20)19-9-5-6-13(10-19)18(21)22-11-14-12-23-16-8-4-3-7-15(14)16/h3-4,7-8,12-13H,2,5-6,9-11H2,1H3. The molecule has 1 saturated heterocycles. The molecule has 0 bridgehead atoms. The molecule has 2 heterocycles. The lowest BCUT2D eigenvalue weighted by molar-refractivity contribution is -0.153. The molecule has 0 N–H and O–H groups in total. The van der Waals surface area contributed by atoms with Crippen LogP contribution in [0.5, 0.6) is 0 Å². The molecule has 1 fully saturated rings. The minimum Gasteiger partial charge on any atom is -0.460 e. The van der Waals surface area contributed by atoms with Crippen LogP contribution in [0.25, 0.3) is 10.1 Å². The van der Waals surface area contributed by atoms with E-state index in [1.54, 1.807) is 16.2 Å². The van der Waals surface area contributed by atoms with Gasteiger partial charge < -0.3 is 9.64 Å². The maximum atomic E-state index is 12.3. The number of likely N-dealkylation sites (tertiary alicyclic amines) is 1. The second-order valence-electron chi connectivity index (χ2n) is 5.90. The lowest BCUT2D eigenvalue weighted by Gasteiger charge is -2.31. The summed E-state index contributed by atoms with van der Waals surface area (Å²) in [5.74, 6) is -0.260. The summed E-state index contributed by atoms with van der Waals surface area (Å²) < 4.78 is 6.73. The highest BCUT2D eigenvalue weighted by Crippen LogP contribution is 2.27. The van der Waals surface area contributed by atoms with Crippen molar-refractivity contribution in [1.82, 2.24) is 4.90 Å². The summed E-state index contributed by atoms with van der Waals surface area (Å²) in [6.45, 7) is 3.41. The first-order chi connectivity index (χ1) is 11.2. The minimum absolute atomic E-state index is 0.117. The van der Waals surface area contributed by atoms with Crippen LogP contribution in [-0.2, 0) is 20.9 Å². The zero-order chi connectivity index (χ0) is 16.2. The van der Waals surface area contributed by atoms with Crippen LogP contribution in [0.15, 0.2) is 29.6 Å². The Balaban J connectivity index is 1.60. The molecule has 1 amide bonds. The number of piperidine rings is 1. The fourth-order valence-corrected chi connectivity index (χ4v) is 3.98. The number of carbonyl (C=O) groups is 2. The van der Waals surface area contributed by atoms with Crippen LogP contribution in [0.2, 0.25) is 0 Å². The number of thiophene rings is 1. The highest BCUT2D eigenvalue weighted by Gasteiger charge is 2.28. The van der Waals surface area contributed by atoms with E-state index >= 15 is 0 Å². The molecule has 1 aromatic carbocycles. The van der Waals surface area contributed by atoms with Gasteiger partial charge in [0.25, 0.3) is 0 Å². The highest BCUT2D eigenvalue weighted by molar-refractivity contribution is 7.17. The predicted octanol–water partition coefficient (Wildman–Crippen LogP) is 3.59. The molecule has 1 unspecified atom stereocenters. The maximum Gasteiger partial charge on any atom is 0.311 e. The van der Waals surface area contributed by atoms with Crippen LogP contribution in [-0.4, -0.2) is 29.9 Å². The number of carbonyl (C=O) groups excluding carboxylic acids is 2. The fourth-order valence-electron chi connectivity index (χ4n) is 3.03. The molecule has 0 radical (unpaired) electrons. The number of fused-ring (bicyclic) bond motifs is 1. The first-order valence-corrected chi connectivity index (χ1v) is 8.96. The van der Waals surface area contributed by atoms with E-state index in [1.165, 1.54) is 4.70 Å². The Morgan fingerprint density at radius 1 is 1.35 bits per heavy atom. The van der Waals surface area contributed by atoms with E-state index in [4.69, 9.17) is 4.74 Å². The van der Waals surface area contributed by atoms with Crippen molar-refractivity contribution in [2.24, 2.45) is 5.92 Å². The van der Waals surface area contributed by atoms with E-state index in [2.05, 4.69) is 12.1 Å². The van der Waals surface area contributed by atoms with Gasteiger partial charge in [0.15, 0.2) is 0 Å². The van der Waals surface area contributed by atoms with Crippen LogP contribution in [0, 0.1) is 5.92 Å². The van der Waals surface area contributed by atoms with Crippen LogP contribution in [0.1, 0.15) is 31.7 Å². The van der Waals surface area contributed by atoms with E-state index in [0.717, 1.165) is 30.3 Å². The molecule has 0 aliphatic carbocycles. The highest BCUT2D eigenvalue weighted by atomic mass is 32.1. The Hall–Kier alpha value is -1.88. The van der Waals surface area contributed by atoms with E-state index in [9.17, 15) is 9.59 Å². The van der Waals surface area contributed by atoms with Gasteiger partial charge in [-0.2, -0.15) is 0 Å². The van der Waals surface area contributed by atoms with E-state index in [-0.39, 0.29) is 17.8 Å². The molecule has 23 heavy (non-hydrogen) atoms. The van der Waals surface area contributed by atoms with Crippen LogP contribution in [0.4, 0.5) is 0 Å². The van der Waals surface area contributed by atoms with E-state index in [0.29, 0.717) is 19.6 Å². The largest absolute Gasteiger partial charge is 0.460 e. The van der Waals surface area contributed by atoms with E-state index < -0.39 is 0 Å². The molecule has 1 atom stereocenters. The molecular formula is C18H21NO3S. The van der Waals surface area contributed by atoms with Crippen molar-refractivity contribution in [3.63, 3.8) is 0 Å². The predicted molar refractivity (Wildman–Crippen MR) is 91.2 cm³/mol. The molecule has 1 aliphatic rings. The van der Waals surface area contributed by atoms with Gasteiger partial charge in [0.05, 0.1) is 5.92 Å². The molecule has 122 valence electrons. The maximum absolute atomic E-state index is 12.3. The van der Waals surface area contributed by atoms with Crippen molar-refractivity contribution in [2.45, 2.75) is 32.8 Å². The Morgan fingerprint density at radius 3 is 3.00 bits per heavy atom. The van der Waals surface area contributed by atoms with Crippen molar-refractivity contribution in [1.29, 1.82) is 0 Å². The van der Waals surface area contributed by atoms with Gasteiger partial charge in [0.1, 0.15) is 6.61 Å². The Morgan fingerprint density at radius 2 is 2.17 bits per heavy atom. The van der Waals surface area contributed by atoms with Crippen molar-refractivity contribution in [2.75, 3.05) is 13.1 Å². The molecule has 0 saturated carbocycles. The Bertz CT molecular complexity index is 709. The number of hydrogen-bond acceptors (Lipinski definition) is 4. The van der Waals surface area contributed by atoms with Gasteiger partial charge in [-0.05, 0) is 29.7 Å². The SMILES string of the molecule is CCC(=O)N1CCCC(C(=O)OCc2csc3ccccc23)C1. The smallest absolute Gasteiger partial charge is 0.311 e. The minimum atomic E-state index is -0.191. The summed E-state index contributed by atoms with van der Waals surface area (Å²) in [7, 11) is 0. The summed E-state index contributed by atoms with van der Waals surface area (Å²) in [4.78, 5) is 25.9. The third-order valence-electron chi connectivity index (χ3n) is 4.34. The molecule has 3 rings (SSSR count). The van der Waals surface area contributed by atoms with Crippen molar-refractivity contribution >= 4 is 33.3 Å². The molecule has 2 aromatic rings. The molecule has 4 nitrogen and oxygen atoms in total. The number of hydrogen-bond donors (Lipinski definition) is 0. The van der Waals surface area contributed by atoms with E-state index in [1.807, 2.05) is 24.4 Å². The lowest BCUT2D eigenvalue weighted by atomic mass is 9.98. The molecular weight excluding hydrogens is 310 g/mol. The van der Waals surface area contributed by atoms with Gasteiger partial charge in [-0.15, -0.1) is 11.3 Å². The summed E-state index contributed by atoms with van der Waals surface area (Å²) in [5, 5.41) is 3.20. The zero-order valence-corrected chi connectivity index (χ0v) is 14.1.